The highest BCUT2D eigenvalue weighted by Crippen LogP contribution is 2.24. The van der Waals surface area contributed by atoms with Gasteiger partial charge in [0.15, 0.2) is 0 Å². The van der Waals surface area contributed by atoms with Gasteiger partial charge in [-0.3, -0.25) is 9.69 Å². The molecule has 0 aromatic heterocycles. The van der Waals surface area contributed by atoms with Gasteiger partial charge in [0.2, 0.25) is 5.91 Å². The van der Waals surface area contributed by atoms with E-state index in [1.54, 1.807) is 13.0 Å². The van der Waals surface area contributed by atoms with Gasteiger partial charge in [0.25, 0.3) is 0 Å². The van der Waals surface area contributed by atoms with Crippen LogP contribution in [0.2, 0.25) is 0 Å². The maximum absolute atomic E-state index is 13.5. The second-order valence-electron chi connectivity index (χ2n) is 6.56. The molecule has 1 aromatic rings. The van der Waals surface area contributed by atoms with Gasteiger partial charge in [0, 0.05) is 18.6 Å². The maximum atomic E-state index is 13.5. The zero-order chi connectivity index (χ0) is 16.1. The number of rotatable bonds is 6. The van der Waals surface area contributed by atoms with E-state index in [0.29, 0.717) is 30.7 Å². The fourth-order valence-electron chi connectivity index (χ4n) is 3.14. The molecule has 0 bridgehead atoms. The number of carbonyl (C=O) groups excluding carboxylic acids is 1. The van der Waals surface area contributed by atoms with E-state index in [4.69, 9.17) is 0 Å². The van der Waals surface area contributed by atoms with Crippen molar-refractivity contribution in [2.24, 2.45) is 0 Å². The molecule has 3 nitrogen and oxygen atoms in total. The summed E-state index contributed by atoms with van der Waals surface area (Å²) in [6.07, 6.45) is 4.90. The van der Waals surface area contributed by atoms with Gasteiger partial charge in [-0.15, -0.1) is 0 Å². The van der Waals surface area contributed by atoms with Crippen LogP contribution in [0.15, 0.2) is 18.2 Å². The molecule has 1 fully saturated rings. The standard InChI is InChI=1S/C18H27FN2O/c1-13(2)21(16-6-4-5-7-16)12-18(22)20-11-15-9-8-14(3)17(19)10-15/h8-10,13,16H,4-7,11-12H2,1-3H3,(H,20,22). The Kier molecular flexibility index (Phi) is 5.95. The quantitative estimate of drug-likeness (QED) is 0.873. The van der Waals surface area contributed by atoms with Crippen LogP contribution >= 0.6 is 0 Å². The number of nitrogens with zero attached hydrogens (tertiary/aromatic N) is 1. The van der Waals surface area contributed by atoms with E-state index in [2.05, 4.69) is 24.1 Å². The van der Waals surface area contributed by atoms with Crippen LogP contribution in [0, 0.1) is 12.7 Å². The molecule has 1 aliphatic rings. The minimum atomic E-state index is -0.221. The van der Waals surface area contributed by atoms with Crippen LogP contribution in [0.5, 0.6) is 0 Å². The van der Waals surface area contributed by atoms with Crippen LogP contribution in [-0.4, -0.2) is 29.4 Å². The topological polar surface area (TPSA) is 32.3 Å². The van der Waals surface area contributed by atoms with Crippen molar-refractivity contribution >= 4 is 5.91 Å². The number of hydrogen-bond acceptors (Lipinski definition) is 2. The Morgan fingerprint density at radius 3 is 2.64 bits per heavy atom. The normalized spacial score (nSPS) is 15.7. The van der Waals surface area contributed by atoms with Crippen molar-refractivity contribution in [1.82, 2.24) is 10.2 Å². The molecule has 1 aromatic carbocycles. The second-order valence-corrected chi connectivity index (χ2v) is 6.56. The van der Waals surface area contributed by atoms with Gasteiger partial charge in [0.05, 0.1) is 6.54 Å². The lowest BCUT2D eigenvalue weighted by Crippen LogP contribution is -2.45. The third-order valence-electron chi connectivity index (χ3n) is 4.51. The van der Waals surface area contributed by atoms with Gasteiger partial charge in [-0.1, -0.05) is 25.0 Å². The first-order chi connectivity index (χ1) is 10.5. The highest BCUT2D eigenvalue weighted by atomic mass is 19.1. The summed E-state index contributed by atoms with van der Waals surface area (Å²) in [7, 11) is 0. The Morgan fingerprint density at radius 1 is 1.36 bits per heavy atom. The molecule has 0 aliphatic heterocycles. The molecular formula is C18H27FN2O. The highest BCUT2D eigenvalue weighted by Gasteiger charge is 2.26. The Bertz CT molecular complexity index is 510. The molecule has 0 saturated heterocycles. The molecular weight excluding hydrogens is 279 g/mol. The fourth-order valence-corrected chi connectivity index (χ4v) is 3.14. The number of amides is 1. The molecule has 2 rings (SSSR count). The van der Waals surface area contributed by atoms with E-state index in [-0.39, 0.29) is 11.7 Å². The van der Waals surface area contributed by atoms with Crippen LogP contribution in [0.4, 0.5) is 4.39 Å². The Balaban J connectivity index is 1.86. The highest BCUT2D eigenvalue weighted by molar-refractivity contribution is 5.78. The number of hydrogen-bond donors (Lipinski definition) is 1. The third kappa shape index (κ3) is 4.54. The lowest BCUT2D eigenvalue weighted by atomic mass is 10.1. The molecule has 0 heterocycles. The zero-order valence-corrected chi connectivity index (χ0v) is 13.9. The summed E-state index contributed by atoms with van der Waals surface area (Å²) in [6.45, 7) is 6.82. The van der Waals surface area contributed by atoms with Gasteiger partial charge in [0.1, 0.15) is 5.82 Å². The summed E-state index contributed by atoms with van der Waals surface area (Å²) in [5, 5.41) is 2.91. The molecule has 0 spiro atoms. The molecule has 0 radical (unpaired) electrons. The Morgan fingerprint density at radius 2 is 2.05 bits per heavy atom. The predicted octanol–water partition coefficient (Wildman–Crippen LogP) is 3.40. The number of nitrogens with one attached hydrogen (secondary N) is 1. The fraction of sp³-hybridized carbons (Fsp3) is 0.611. The summed E-state index contributed by atoms with van der Waals surface area (Å²) in [6, 6.07) is 5.99. The van der Waals surface area contributed by atoms with Crippen LogP contribution < -0.4 is 5.32 Å². The maximum Gasteiger partial charge on any atom is 0.234 e. The third-order valence-corrected chi connectivity index (χ3v) is 4.51. The number of carbonyl (C=O) groups is 1. The molecule has 1 amide bonds. The molecule has 122 valence electrons. The summed E-state index contributed by atoms with van der Waals surface area (Å²) >= 11 is 0. The minimum Gasteiger partial charge on any atom is -0.351 e. The van der Waals surface area contributed by atoms with E-state index in [1.807, 2.05) is 6.07 Å². The van der Waals surface area contributed by atoms with Gasteiger partial charge < -0.3 is 5.32 Å². The molecule has 4 heteroatoms. The van der Waals surface area contributed by atoms with Crippen molar-refractivity contribution in [3.05, 3.63) is 35.1 Å². The molecule has 0 unspecified atom stereocenters. The van der Waals surface area contributed by atoms with E-state index in [1.165, 1.54) is 31.7 Å². The second kappa shape index (κ2) is 7.73. The van der Waals surface area contributed by atoms with Gasteiger partial charge >= 0.3 is 0 Å². The van der Waals surface area contributed by atoms with Crippen LogP contribution in [0.3, 0.4) is 0 Å². The Hall–Kier alpha value is -1.42. The SMILES string of the molecule is Cc1ccc(CNC(=O)CN(C(C)C)C2CCCC2)cc1F. The molecule has 0 atom stereocenters. The van der Waals surface area contributed by atoms with E-state index < -0.39 is 0 Å². The average Bonchev–Trinajstić information content (AvgIpc) is 2.99. The van der Waals surface area contributed by atoms with E-state index in [0.717, 1.165) is 5.56 Å². The Labute approximate surface area is 132 Å². The largest absolute Gasteiger partial charge is 0.351 e. The van der Waals surface area contributed by atoms with E-state index in [9.17, 15) is 9.18 Å². The van der Waals surface area contributed by atoms with Crippen molar-refractivity contribution in [3.63, 3.8) is 0 Å². The monoisotopic (exact) mass is 306 g/mol. The summed E-state index contributed by atoms with van der Waals surface area (Å²) in [5.41, 5.74) is 1.43. The zero-order valence-electron chi connectivity index (χ0n) is 13.9. The molecule has 1 N–H and O–H groups in total. The summed E-state index contributed by atoms with van der Waals surface area (Å²) in [5.74, 6) is -0.205. The first-order valence-electron chi connectivity index (χ1n) is 8.25. The van der Waals surface area contributed by atoms with Crippen molar-refractivity contribution < 1.29 is 9.18 Å². The predicted molar refractivity (Wildman–Crippen MR) is 87.1 cm³/mol. The first-order valence-corrected chi connectivity index (χ1v) is 8.25. The van der Waals surface area contributed by atoms with Crippen LogP contribution in [-0.2, 0) is 11.3 Å². The van der Waals surface area contributed by atoms with Crippen LogP contribution in [0.1, 0.15) is 50.7 Å². The van der Waals surface area contributed by atoms with Crippen molar-refractivity contribution in [2.45, 2.75) is 65.1 Å². The summed E-state index contributed by atoms with van der Waals surface area (Å²) in [4.78, 5) is 14.5. The minimum absolute atomic E-state index is 0.0154. The van der Waals surface area contributed by atoms with Crippen molar-refractivity contribution in [3.8, 4) is 0 Å². The van der Waals surface area contributed by atoms with Gasteiger partial charge in [-0.25, -0.2) is 4.39 Å². The molecule has 1 saturated carbocycles. The number of halogens is 1. The number of aryl methyl sites for hydroxylation is 1. The molecule has 22 heavy (non-hydrogen) atoms. The smallest absolute Gasteiger partial charge is 0.234 e. The lowest BCUT2D eigenvalue weighted by molar-refractivity contribution is -0.123. The summed E-state index contributed by atoms with van der Waals surface area (Å²) < 4.78 is 13.5. The first kappa shape index (κ1) is 16.9. The van der Waals surface area contributed by atoms with Gasteiger partial charge in [-0.2, -0.15) is 0 Å². The van der Waals surface area contributed by atoms with Crippen LogP contribution in [0.25, 0.3) is 0 Å². The van der Waals surface area contributed by atoms with E-state index >= 15 is 0 Å². The van der Waals surface area contributed by atoms with Crippen molar-refractivity contribution in [1.29, 1.82) is 0 Å². The lowest BCUT2D eigenvalue weighted by Gasteiger charge is -2.31. The van der Waals surface area contributed by atoms with Crippen molar-refractivity contribution in [2.75, 3.05) is 6.54 Å². The molecule has 1 aliphatic carbocycles. The van der Waals surface area contributed by atoms with Gasteiger partial charge in [-0.05, 0) is 50.8 Å². The average molecular weight is 306 g/mol. The number of benzene rings is 1.